The number of aryl methyl sites for hydroxylation is 1. The van der Waals surface area contributed by atoms with Crippen LogP contribution in [0.5, 0.6) is 0 Å². The van der Waals surface area contributed by atoms with Crippen molar-refractivity contribution in [3.63, 3.8) is 0 Å². The molecule has 0 spiro atoms. The van der Waals surface area contributed by atoms with Gasteiger partial charge < -0.3 is 20.2 Å². The molecule has 3 N–H and O–H groups in total. The Morgan fingerprint density at radius 2 is 2.22 bits per heavy atom. The van der Waals surface area contributed by atoms with Crippen LogP contribution >= 0.6 is 0 Å². The van der Waals surface area contributed by atoms with Crippen molar-refractivity contribution < 1.29 is 14.3 Å². The number of carbonyl (C=O) groups is 1. The summed E-state index contributed by atoms with van der Waals surface area (Å²) in [6, 6.07) is 3.69. The predicted octanol–water partition coefficient (Wildman–Crippen LogP) is 1.97. The van der Waals surface area contributed by atoms with Gasteiger partial charge in [0, 0.05) is 12.6 Å². The molecule has 23 heavy (non-hydrogen) atoms. The number of furan rings is 1. The molecular weight excluding hydrogens is 294 g/mol. The summed E-state index contributed by atoms with van der Waals surface area (Å²) in [5, 5.41) is 16.0. The van der Waals surface area contributed by atoms with Crippen LogP contribution in [0, 0.1) is 6.92 Å². The molecular formula is C17H29N3O3. The Morgan fingerprint density at radius 1 is 1.43 bits per heavy atom. The Balaban J connectivity index is 1.76. The standard InChI is InChI=1S/C17H29N3O3/c1-4-20-10-6-5-7-14(20)11-18-16(21)19-12-17(3,22)15-9-8-13(2)23-15/h8-9,14,22H,4-7,10-12H2,1-3H3,(H2,18,19,21)/t14-,17-/m1/s1. The molecule has 130 valence electrons. The van der Waals surface area contributed by atoms with Crippen LogP contribution in [0.3, 0.4) is 0 Å². The van der Waals surface area contributed by atoms with Gasteiger partial charge in [-0.3, -0.25) is 4.90 Å². The minimum Gasteiger partial charge on any atom is -0.463 e. The van der Waals surface area contributed by atoms with Crippen LogP contribution in [0.15, 0.2) is 16.5 Å². The fourth-order valence-electron chi connectivity index (χ4n) is 3.04. The Bertz CT molecular complexity index is 513. The van der Waals surface area contributed by atoms with Gasteiger partial charge in [-0.1, -0.05) is 13.3 Å². The summed E-state index contributed by atoms with van der Waals surface area (Å²) in [5.41, 5.74) is -1.22. The van der Waals surface area contributed by atoms with Gasteiger partial charge in [-0.15, -0.1) is 0 Å². The van der Waals surface area contributed by atoms with Crippen molar-refractivity contribution in [1.29, 1.82) is 0 Å². The van der Waals surface area contributed by atoms with E-state index in [-0.39, 0.29) is 12.6 Å². The van der Waals surface area contributed by atoms with Crippen molar-refractivity contribution >= 4 is 6.03 Å². The first kappa shape index (κ1) is 17.8. The zero-order chi connectivity index (χ0) is 16.9. The van der Waals surface area contributed by atoms with Gasteiger partial charge in [0.2, 0.25) is 0 Å². The molecule has 2 heterocycles. The van der Waals surface area contributed by atoms with E-state index in [0.29, 0.717) is 18.3 Å². The summed E-state index contributed by atoms with van der Waals surface area (Å²) >= 11 is 0. The molecule has 2 atom stereocenters. The van der Waals surface area contributed by atoms with Gasteiger partial charge in [-0.2, -0.15) is 0 Å². The van der Waals surface area contributed by atoms with E-state index in [9.17, 15) is 9.90 Å². The molecule has 6 nitrogen and oxygen atoms in total. The van der Waals surface area contributed by atoms with Crippen molar-refractivity contribution in [2.45, 2.75) is 51.7 Å². The Labute approximate surface area is 138 Å². The zero-order valence-corrected chi connectivity index (χ0v) is 14.4. The highest BCUT2D eigenvalue weighted by molar-refractivity contribution is 5.73. The number of piperidine rings is 1. The summed E-state index contributed by atoms with van der Waals surface area (Å²) in [6.45, 7) is 8.48. The first-order valence-corrected chi connectivity index (χ1v) is 8.47. The highest BCUT2D eigenvalue weighted by atomic mass is 16.4. The van der Waals surface area contributed by atoms with Gasteiger partial charge >= 0.3 is 6.03 Å². The third-order valence-corrected chi connectivity index (χ3v) is 4.52. The quantitative estimate of drug-likeness (QED) is 0.748. The van der Waals surface area contributed by atoms with Gasteiger partial charge in [0.05, 0.1) is 6.54 Å². The SMILES string of the molecule is CCN1CCCC[C@@H]1CNC(=O)NC[C@@](C)(O)c1ccc(C)o1. The molecule has 1 fully saturated rings. The first-order chi connectivity index (χ1) is 10.9. The molecule has 0 unspecified atom stereocenters. The van der Waals surface area contributed by atoms with Crippen LogP contribution in [0.2, 0.25) is 0 Å². The second-order valence-electron chi connectivity index (χ2n) is 6.53. The molecule has 1 aliphatic heterocycles. The number of likely N-dealkylation sites (N-methyl/N-ethyl adjacent to an activating group) is 1. The number of amides is 2. The summed E-state index contributed by atoms with van der Waals surface area (Å²) in [7, 11) is 0. The lowest BCUT2D eigenvalue weighted by Crippen LogP contribution is -2.50. The maximum atomic E-state index is 12.0. The Hall–Kier alpha value is -1.53. The molecule has 0 bridgehead atoms. The lowest BCUT2D eigenvalue weighted by atomic mass is 10.0. The van der Waals surface area contributed by atoms with Crippen molar-refractivity contribution in [3.05, 3.63) is 23.7 Å². The van der Waals surface area contributed by atoms with Crippen molar-refractivity contribution in [2.24, 2.45) is 0 Å². The molecule has 1 saturated heterocycles. The van der Waals surface area contributed by atoms with Crippen LogP contribution in [-0.2, 0) is 5.60 Å². The molecule has 1 aromatic rings. The molecule has 2 rings (SSSR count). The monoisotopic (exact) mass is 323 g/mol. The summed E-state index contributed by atoms with van der Waals surface area (Å²) in [6.07, 6.45) is 3.58. The minimum atomic E-state index is -1.22. The van der Waals surface area contributed by atoms with E-state index in [4.69, 9.17) is 4.42 Å². The normalized spacial score (nSPS) is 21.7. The van der Waals surface area contributed by atoms with E-state index in [1.165, 1.54) is 12.8 Å². The van der Waals surface area contributed by atoms with Crippen LogP contribution in [0.1, 0.15) is 44.6 Å². The number of urea groups is 1. The maximum absolute atomic E-state index is 12.0. The number of rotatable bonds is 6. The Kier molecular flexibility index (Phi) is 6.07. The zero-order valence-electron chi connectivity index (χ0n) is 14.4. The molecule has 6 heteroatoms. The minimum absolute atomic E-state index is 0.105. The third kappa shape index (κ3) is 4.97. The van der Waals surface area contributed by atoms with E-state index in [1.807, 2.05) is 6.92 Å². The number of aliphatic hydroxyl groups is 1. The molecule has 0 saturated carbocycles. The summed E-state index contributed by atoms with van der Waals surface area (Å²) < 4.78 is 5.44. The number of nitrogens with one attached hydrogen (secondary N) is 2. The fraction of sp³-hybridized carbons (Fsp3) is 0.706. The average Bonchev–Trinajstić information content (AvgIpc) is 2.98. The van der Waals surface area contributed by atoms with Crippen LogP contribution in [0.25, 0.3) is 0 Å². The first-order valence-electron chi connectivity index (χ1n) is 8.47. The predicted molar refractivity (Wildman–Crippen MR) is 89.3 cm³/mol. The Morgan fingerprint density at radius 3 is 2.87 bits per heavy atom. The topological polar surface area (TPSA) is 77.7 Å². The number of nitrogens with zero attached hydrogens (tertiary/aromatic N) is 1. The highest BCUT2D eigenvalue weighted by Gasteiger charge is 2.27. The smallest absolute Gasteiger partial charge is 0.314 e. The van der Waals surface area contributed by atoms with Gasteiger partial charge in [0.25, 0.3) is 0 Å². The molecule has 0 aromatic carbocycles. The van der Waals surface area contributed by atoms with Gasteiger partial charge in [-0.05, 0) is 51.9 Å². The molecule has 2 amide bonds. The van der Waals surface area contributed by atoms with Gasteiger partial charge in [0.15, 0.2) is 0 Å². The molecule has 0 radical (unpaired) electrons. The average molecular weight is 323 g/mol. The maximum Gasteiger partial charge on any atom is 0.314 e. The fourth-order valence-corrected chi connectivity index (χ4v) is 3.04. The summed E-state index contributed by atoms with van der Waals surface area (Å²) in [4.78, 5) is 14.4. The largest absolute Gasteiger partial charge is 0.463 e. The molecule has 1 aliphatic rings. The number of likely N-dealkylation sites (tertiary alicyclic amines) is 1. The van der Waals surface area contributed by atoms with E-state index < -0.39 is 5.60 Å². The van der Waals surface area contributed by atoms with Crippen LogP contribution in [-0.4, -0.2) is 48.3 Å². The van der Waals surface area contributed by atoms with Crippen molar-refractivity contribution in [2.75, 3.05) is 26.2 Å². The van der Waals surface area contributed by atoms with Gasteiger partial charge in [-0.25, -0.2) is 4.79 Å². The second kappa shape index (κ2) is 7.84. The van der Waals surface area contributed by atoms with E-state index in [2.05, 4.69) is 22.5 Å². The molecule has 1 aromatic heterocycles. The number of hydrogen-bond donors (Lipinski definition) is 3. The van der Waals surface area contributed by atoms with Crippen LogP contribution < -0.4 is 10.6 Å². The number of hydrogen-bond acceptors (Lipinski definition) is 4. The lowest BCUT2D eigenvalue weighted by Gasteiger charge is -2.35. The van der Waals surface area contributed by atoms with Gasteiger partial charge in [0.1, 0.15) is 17.1 Å². The highest BCUT2D eigenvalue weighted by Crippen LogP contribution is 2.21. The van der Waals surface area contributed by atoms with Crippen molar-refractivity contribution in [1.82, 2.24) is 15.5 Å². The third-order valence-electron chi connectivity index (χ3n) is 4.52. The van der Waals surface area contributed by atoms with E-state index in [0.717, 1.165) is 25.3 Å². The second-order valence-corrected chi connectivity index (χ2v) is 6.53. The number of carbonyl (C=O) groups excluding carboxylic acids is 1. The van der Waals surface area contributed by atoms with E-state index in [1.54, 1.807) is 19.1 Å². The van der Waals surface area contributed by atoms with Crippen molar-refractivity contribution in [3.8, 4) is 0 Å². The van der Waals surface area contributed by atoms with Crippen LogP contribution in [0.4, 0.5) is 4.79 Å². The summed E-state index contributed by atoms with van der Waals surface area (Å²) in [5.74, 6) is 1.20. The lowest BCUT2D eigenvalue weighted by molar-refractivity contribution is 0.0359. The van der Waals surface area contributed by atoms with E-state index >= 15 is 0 Å². The molecule has 0 aliphatic carbocycles.